The summed E-state index contributed by atoms with van der Waals surface area (Å²) in [7, 11) is 2.03. The van der Waals surface area contributed by atoms with Crippen LogP contribution in [0.4, 0.5) is 0 Å². The van der Waals surface area contributed by atoms with E-state index in [2.05, 4.69) is 36.5 Å². The fourth-order valence-electron chi connectivity index (χ4n) is 2.22. The molecule has 0 amide bonds. The molecule has 1 aromatic carbocycles. The van der Waals surface area contributed by atoms with E-state index in [1.54, 1.807) is 0 Å². The maximum Gasteiger partial charge on any atom is 0.0466 e. The summed E-state index contributed by atoms with van der Waals surface area (Å²) in [6, 6.07) is 9.47. The summed E-state index contributed by atoms with van der Waals surface area (Å²) < 4.78 is 5.39. The molecule has 102 valence electrons. The summed E-state index contributed by atoms with van der Waals surface area (Å²) in [4.78, 5) is 0. The molecule has 0 spiro atoms. The molecule has 0 aromatic heterocycles. The number of aryl methyl sites for hydroxylation is 1. The lowest BCUT2D eigenvalue weighted by Gasteiger charge is -2.17. The Hall–Kier alpha value is -0.860. The van der Waals surface area contributed by atoms with E-state index in [9.17, 15) is 0 Å². The van der Waals surface area contributed by atoms with Gasteiger partial charge in [0, 0.05) is 19.3 Å². The molecule has 0 aliphatic rings. The quantitative estimate of drug-likeness (QED) is 0.674. The van der Waals surface area contributed by atoms with Crippen LogP contribution in [0.15, 0.2) is 24.3 Å². The van der Waals surface area contributed by atoms with Crippen molar-refractivity contribution in [1.82, 2.24) is 5.32 Å². The van der Waals surface area contributed by atoms with Crippen molar-refractivity contribution in [2.75, 3.05) is 20.3 Å². The number of hydrogen-bond donors (Lipinski definition) is 1. The molecule has 18 heavy (non-hydrogen) atoms. The lowest BCUT2D eigenvalue weighted by atomic mass is 10.00. The van der Waals surface area contributed by atoms with Crippen LogP contribution in [-0.2, 0) is 11.2 Å². The number of ether oxygens (including phenoxy) is 1. The minimum Gasteiger partial charge on any atom is -0.382 e. The van der Waals surface area contributed by atoms with Crippen molar-refractivity contribution in [3.63, 3.8) is 0 Å². The van der Waals surface area contributed by atoms with Gasteiger partial charge in [0.2, 0.25) is 0 Å². The first-order valence-electron chi connectivity index (χ1n) is 7.15. The van der Waals surface area contributed by atoms with Gasteiger partial charge in [-0.2, -0.15) is 0 Å². The number of hydrogen-bond acceptors (Lipinski definition) is 2. The van der Waals surface area contributed by atoms with E-state index in [1.807, 2.05) is 14.0 Å². The topological polar surface area (TPSA) is 21.3 Å². The second-order valence-corrected chi connectivity index (χ2v) is 4.67. The zero-order chi connectivity index (χ0) is 13.2. The monoisotopic (exact) mass is 249 g/mol. The third-order valence-electron chi connectivity index (χ3n) is 3.25. The van der Waals surface area contributed by atoms with Gasteiger partial charge in [-0.1, -0.05) is 37.6 Å². The van der Waals surface area contributed by atoms with Crippen LogP contribution in [0.25, 0.3) is 0 Å². The molecular formula is C16H27NO. The van der Waals surface area contributed by atoms with Crippen LogP contribution in [0, 0.1) is 0 Å². The van der Waals surface area contributed by atoms with E-state index in [4.69, 9.17) is 4.74 Å². The summed E-state index contributed by atoms with van der Waals surface area (Å²) >= 11 is 0. The predicted octanol–water partition coefficient (Wildman–Crippen LogP) is 3.72. The first-order chi connectivity index (χ1) is 8.81. The highest BCUT2D eigenvalue weighted by Crippen LogP contribution is 2.19. The molecule has 0 bridgehead atoms. The van der Waals surface area contributed by atoms with Crippen molar-refractivity contribution < 1.29 is 4.74 Å². The zero-order valence-electron chi connectivity index (χ0n) is 12.0. The summed E-state index contributed by atoms with van der Waals surface area (Å²) in [6.45, 7) is 5.94. The Labute approximate surface area is 112 Å². The Balaban J connectivity index is 2.48. The SMILES string of the molecule is CCCc1ccc(C(CCCOCC)NC)cc1. The van der Waals surface area contributed by atoms with Gasteiger partial charge in [0.25, 0.3) is 0 Å². The van der Waals surface area contributed by atoms with Crippen LogP contribution in [0.5, 0.6) is 0 Å². The minimum atomic E-state index is 0.445. The summed E-state index contributed by atoms with van der Waals surface area (Å²) in [5.74, 6) is 0. The Morgan fingerprint density at radius 2 is 1.89 bits per heavy atom. The normalized spacial score (nSPS) is 12.6. The molecule has 1 N–H and O–H groups in total. The molecule has 1 rings (SSSR count). The second-order valence-electron chi connectivity index (χ2n) is 4.67. The first-order valence-corrected chi connectivity index (χ1v) is 7.15. The molecule has 0 aliphatic heterocycles. The summed E-state index contributed by atoms with van der Waals surface area (Å²) in [6.07, 6.45) is 4.62. The van der Waals surface area contributed by atoms with Crippen molar-refractivity contribution in [3.05, 3.63) is 35.4 Å². The molecule has 1 aromatic rings. The minimum absolute atomic E-state index is 0.445. The molecular weight excluding hydrogens is 222 g/mol. The highest BCUT2D eigenvalue weighted by molar-refractivity contribution is 5.25. The van der Waals surface area contributed by atoms with Crippen molar-refractivity contribution in [2.45, 2.75) is 45.6 Å². The highest BCUT2D eigenvalue weighted by Gasteiger charge is 2.08. The molecule has 1 atom stereocenters. The first kappa shape index (κ1) is 15.2. The van der Waals surface area contributed by atoms with Crippen molar-refractivity contribution in [3.8, 4) is 0 Å². The van der Waals surface area contributed by atoms with Crippen molar-refractivity contribution in [1.29, 1.82) is 0 Å². The summed E-state index contributed by atoms with van der Waals surface area (Å²) in [5.41, 5.74) is 2.82. The van der Waals surface area contributed by atoms with E-state index in [0.717, 1.165) is 26.1 Å². The van der Waals surface area contributed by atoms with Gasteiger partial charge >= 0.3 is 0 Å². The van der Waals surface area contributed by atoms with Gasteiger partial charge in [-0.3, -0.25) is 0 Å². The van der Waals surface area contributed by atoms with Gasteiger partial charge in [0.15, 0.2) is 0 Å². The van der Waals surface area contributed by atoms with Gasteiger partial charge in [0.05, 0.1) is 0 Å². The molecule has 0 saturated heterocycles. The molecule has 2 nitrogen and oxygen atoms in total. The fourth-order valence-corrected chi connectivity index (χ4v) is 2.22. The lowest BCUT2D eigenvalue weighted by molar-refractivity contribution is 0.141. The average molecular weight is 249 g/mol. The van der Waals surface area contributed by atoms with E-state index >= 15 is 0 Å². The summed E-state index contributed by atoms with van der Waals surface area (Å²) in [5, 5.41) is 3.39. The van der Waals surface area contributed by atoms with E-state index in [1.165, 1.54) is 24.0 Å². The van der Waals surface area contributed by atoms with Crippen molar-refractivity contribution >= 4 is 0 Å². The van der Waals surface area contributed by atoms with E-state index < -0.39 is 0 Å². The Kier molecular flexibility index (Phi) is 7.70. The van der Waals surface area contributed by atoms with E-state index in [0.29, 0.717) is 6.04 Å². The van der Waals surface area contributed by atoms with Gasteiger partial charge in [-0.25, -0.2) is 0 Å². The molecule has 0 saturated carbocycles. The van der Waals surface area contributed by atoms with Gasteiger partial charge in [-0.15, -0.1) is 0 Å². The molecule has 0 heterocycles. The molecule has 2 heteroatoms. The number of benzene rings is 1. The van der Waals surface area contributed by atoms with Gasteiger partial charge in [0.1, 0.15) is 0 Å². The number of nitrogens with one attached hydrogen (secondary N) is 1. The maximum absolute atomic E-state index is 5.39. The smallest absolute Gasteiger partial charge is 0.0466 e. The molecule has 0 aliphatic carbocycles. The highest BCUT2D eigenvalue weighted by atomic mass is 16.5. The Morgan fingerprint density at radius 1 is 1.17 bits per heavy atom. The van der Waals surface area contributed by atoms with Crippen LogP contribution in [-0.4, -0.2) is 20.3 Å². The van der Waals surface area contributed by atoms with Crippen LogP contribution in [0.3, 0.4) is 0 Å². The second kappa shape index (κ2) is 9.12. The van der Waals surface area contributed by atoms with Crippen LogP contribution < -0.4 is 5.32 Å². The molecule has 1 unspecified atom stereocenters. The van der Waals surface area contributed by atoms with Crippen LogP contribution >= 0.6 is 0 Å². The zero-order valence-corrected chi connectivity index (χ0v) is 12.0. The largest absolute Gasteiger partial charge is 0.382 e. The number of rotatable bonds is 9. The van der Waals surface area contributed by atoms with Crippen molar-refractivity contribution in [2.24, 2.45) is 0 Å². The predicted molar refractivity (Wildman–Crippen MR) is 78.0 cm³/mol. The Bertz CT molecular complexity index is 307. The molecule has 0 fully saturated rings. The van der Waals surface area contributed by atoms with E-state index in [-0.39, 0.29) is 0 Å². The molecule has 0 radical (unpaired) electrons. The standard InChI is InChI=1S/C16H27NO/c1-4-7-14-9-11-15(12-10-14)16(17-3)8-6-13-18-5-2/h9-12,16-17H,4-8,13H2,1-3H3. The van der Waals surface area contributed by atoms with Crippen LogP contribution in [0.1, 0.15) is 50.3 Å². The third-order valence-corrected chi connectivity index (χ3v) is 3.25. The maximum atomic E-state index is 5.39. The lowest BCUT2D eigenvalue weighted by Crippen LogP contribution is -2.17. The van der Waals surface area contributed by atoms with Gasteiger partial charge in [-0.05, 0) is 44.4 Å². The fraction of sp³-hybridized carbons (Fsp3) is 0.625. The van der Waals surface area contributed by atoms with Gasteiger partial charge < -0.3 is 10.1 Å². The average Bonchev–Trinajstić information content (AvgIpc) is 2.41. The van der Waals surface area contributed by atoms with Crippen LogP contribution in [0.2, 0.25) is 0 Å². The third kappa shape index (κ3) is 5.19. The Morgan fingerprint density at radius 3 is 2.44 bits per heavy atom.